The Labute approximate surface area is 182 Å². The van der Waals surface area contributed by atoms with Crippen LogP contribution in [-0.4, -0.2) is 40.9 Å². The van der Waals surface area contributed by atoms with Gasteiger partial charge in [-0.15, -0.1) is 0 Å². The van der Waals surface area contributed by atoms with E-state index in [1.807, 2.05) is 23.8 Å². The van der Waals surface area contributed by atoms with E-state index < -0.39 is 32.7 Å². The second-order valence-electron chi connectivity index (χ2n) is 7.59. The summed E-state index contributed by atoms with van der Waals surface area (Å²) >= 11 is 0. The molecule has 168 valence electrons. The van der Waals surface area contributed by atoms with E-state index >= 15 is 0 Å². The number of hydrogen-bond acceptors (Lipinski definition) is 6. The molecule has 1 aliphatic rings. The van der Waals surface area contributed by atoms with Crippen LogP contribution in [0.4, 0.5) is 5.69 Å². The number of rotatable bonds is 7. The first-order chi connectivity index (χ1) is 14.4. The minimum absolute atomic E-state index is 0.00752. The molecule has 0 bridgehead atoms. The summed E-state index contributed by atoms with van der Waals surface area (Å²) in [5.74, 6) is -0.945. The lowest BCUT2D eigenvalue weighted by atomic mass is 10.1. The van der Waals surface area contributed by atoms with Crippen LogP contribution in [-0.2, 0) is 31.4 Å². The molecule has 0 spiro atoms. The highest BCUT2D eigenvalue weighted by molar-refractivity contribution is 7.92. The maximum atomic E-state index is 12.7. The number of hydrogen-bond donors (Lipinski definition) is 3. The molecule has 11 heteroatoms. The van der Waals surface area contributed by atoms with Crippen LogP contribution in [0.1, 0.15) is 28.7 Å². The van der Waals surface area contributed by atoms with Crippen molar-refractivity contribution in [2.75, 3.05) is 17.4 Å². The number of anilines is 1. The number of phenols is 1. The van der Waals surface area contributed by atoms with Crippen LogP contribution in [0.25, 0.3) is 0 Å². The van der Waals surface area contributed by atoms with Gasteiger partial charge in [-0.3, -0.25) is 4.79 Å². The van der Waals surface area contributed by atoms with Crippen LogP contribution in [0.2, 0.25) is 0 Å². The zero-order valence-electron chi connectivity index (χ0n) is 17.5. The summed E-state index contributed by atoms with van der Waals surface area (Å²) in [6, 6.07) is 8.13. The van der Waals surface area contributed by atoms with Crippen LogP contribution < -0.4 is 13.7 Å². The number of nitrogens with one attached hydrogen (secondary N) is 2. The Morgan fingerprint density at radius 2 is 1.77 bits per heavy atom. The van der Waals surface area contributed by atoms with Crippen LogP contribution in [0.5, 0.6) is 5.75 Å². The Bertz CT molecular complexity index is 1220. The first kappa shape index (κ1) is 23.0. The normalized spacial score (nSPS) is 15.8. The van der Waals surface area contributed by atoms with E-state index in [1.54, 1.807) is 19.9 Å². The third kappa shape index (κ3) is 5.00. The summed E-state index contributed by atoms with van der Waals surface area (Å²) in [6.07, 6.45) is 0.941. The Balaban J connectivity index is 1.63. The van der Waals surface area contributed by atoms with Crippen LogP contribution in [0.3, 0.4) is 0 Å². The monoisotopic (exact) mass is 467 g/mol. The van der Waals surface area contributed by atoms with Crippen molar-refractivity contribution in [1.82, 2.24) is 9.44 Å². The van der Waals surface area contributed by atoms with Crippen molar-refractivity contribution in [3.05, 3.63) is 52.6 Å². The maximum absolute atomic E-state index is 12.7. The fourth-order valence-electron chi connectivity index (χ4n) is 3.76. The molecular weight excluding hydrogens is 442 g/mol. The van der Waals surface area contributed by atoms with E-state index in [0.717, 1.165) is 9.87 Å². The molecular formula is C20H25N3O6S2. The van der Waals surface area contributed by atoms with E-state index in [0.29, 0.717) is 29.5 Å². The van der Waals surface area contributed by atoms with Crippen molar-refractivity contribution in [2.45, 2.75) is 38.5 Å². The van der Waals surface area contributed by atoms with Crippen molar-refractivity contribution in [1.29, 1.82) is 0 Å². The maximum Gasteiger partial charge on any atom is 0.326 e. The summed E-state index contributed by atoms with van der Waals surface area (Å²) in [5.41, 5.74) is 3.09. The molecule has 1 amide bonds. The number of benzene rings is 2. The number of phenolic OH excluding ortho intramolecular Hbond substituents is 1. The molecule has 1 heterocycles. The third-order valence-electron chi connectivity index (χ3n) is 4.94. The Kier molecular flexibility index (Phi) is 6.30. The topological polar surface area (TPSA) is 133 Å². The van der Waals surface area contributed by atoms with Gasteiger partial charge in [0, 0.05) is 6.54 Å². The van der Waals surface area contributed by atoms with Gasteiger partial charge < -0.3 is 5.11 Å². The lowest BCUT2D eigenvalue weighted by Crippen LogP contribution is -2.29. The zero-order chi connectivity index (χ0) is 23.0. The largest absolute Gasteiger partial charge is 0.506 e. The van der Waals surface area contributed by atoms with Crippen molar-refractivity contribution >= 4 is 31.8 Å². The summed E-state index contributed by atoms with van der Waals surface area (Å²) in [6.45, 7) is 5.26. The molecule has 0 atom stereocenters. The molecule has 9 nitrogen and oxygen atoms in total. The number of carbonyl (C=O) groups excluding carboxylic acids is 1. The van der Waals surface area contributed by atoms with Crippen molar-refractivity contribution in [2.24, 2.45) is 0 Å². The molecule has 1 aliphatic heterocycles. The number of amides is 1. The minimum Gasteiger partial charge on any atom is -0.506 e. The van der Waals surface area contributed by atoms with Gasteiger partial charge in [0.05, 0.1) is 10.6 Å². The standard InChI is InChI=1S/C20H25N3O6S2/c1-13-9-14(2)20(15(3)10-13)30(26,27)21-8-4-5-16-6-7-17(18(24)11-16)23-12-19(25)22-31(23,28)29/h6-7,9-11,21,24H,4-5,8,12H2,1-3H3,(H,22,25). The molecule has 2 aromatic rings. The van der Waals surface area contributed by atoms with E-state index in [-0.39, 0.29) is 22.9 Å². The van der Waals surface area contributed by atoms with Gasteiger partial charge in [0.25, 0.3) is 5.91 Å². The molecule has 3 N–H and O–H groups in total. The highest BCUT2D eigenvalue weighted by Gasteiger charge is 2.35. The summed E-state index contributed by atoms with van der Waals surface area (Å²) in [7, 11) is -7.65. The summed E-state index contributed by atoms with van der Waals surface area (Å²) in [5, 5.41) is 10.2. The smallest absolute Gasteiger partial charge is 0.326 e. The fraction of sp³-hybridized carbons (Fsp3) is 0.350. The average Bonchev–Trinajstić information content (AvgIpc) is 2.89. The molecule has 0 saturated carbocycles. The lowest BCUT2D eigenvalue weighted by Gasteiger charge is -2.17. The van der Waals surface area contributed by atoms with Gasteiger partial charge in [0.2, 0.25) is 10.0 Å². The quantitative estimate of drug-likeness (QED) is 0.528. The number of sulfonamides is 1. The van der Waals surface area contributed by atoms with Gasteiger partial charge in [-0.1, -0.05) is 23.8 Å². The predicted octanol–water partition coefficient (Wildman–Crippen LogP) is 1.41. The number of aromatic hydroxyl groups is 1. The third-order valence-corrected chi connectivity index (χ3v) is 8.09. The Hall–Kier alpha value is -2.63. The van der Waals surface area contributed by atoms with Gasteiger partial charge in [-0.05, 0) is 62.4 Å². The first-order valence-corrected chi connectivity index (χ1v) is 12.6. The molecule has 0 unspecified atom stereocenters. The molecule has 0 radical (unpaired) electrons. The lowest BCUT2D eigenvalue weighted by molar-refractivity contribution is -0.117. The van der Waals surface area contributed by atoms with Gasteiger partial charge in [-0.25, -0.2) is 22.2 Å². The van der Waals surface area contributed by atoms with Crippen molar-refractivity contribution < 1.29 is 26.7 Å². The molecule has 1 fully saturated rings. The number of nitrogens with zero attached hydrogens (tertiary/aromatic N) is 1. The minimum atomic E-state index is -4.00. The zero-order valence-corrected chi connectivity index (χ0v) is 19.1. The van der Waals surface area contributed by atoms with E-state index in [2.05, 4.69) is 4.72 Å². The van der Waals surface area contributed by atoms with E-state index in [9.17, 15) is 26.7 Å². The highest BCUT2D eigenvalue weighted by atomic mass is 32.2. The predicted molar refractivity (Wildman–Crippen MR) is 117 cm³/mol. The second kappa shape index (κ2) is 8.48. The molecule has 1 saturated heterocycles. The second-order valence-corrected chi connectivity index (χ2v) is 10.9. The fourth-order valence-corrected chi connectivity index (χ4v) is 6.44. The molecule has 3 rings (SSSR count). The Morgan fingerprint density at radius 1 is 1.13 bits per heavy atom. The van der Waals surface area contributed by atoms with E-state index in [1.165, 1.54) is 12.1 Å². The van der Waals surface area contributed by atoms with Crippen molar-refractivity contribution in [3.63, 3.8) is 0 Å². The van der Waals surface area contributed by atoms with Crippen LogP contribution in [0, 0.1) is 20.8 Å². The van der Waals surface area contributed by atoms with Gasteiger partial charge >= 0.3 is 10.2 Å². The van der Waals surface area contributed by atoms with Gasteiger partial charge in [0.1, 0.15) is 12.3 Å². The van der Waals surface area contributed by atoms with E-state index in [4.69, 9.17) is 0 Å². The number of aryl methyl sites for hydroxylation is 4. The Morgan fingerprint density at radius 3 is 2.32 bits per heavy atom. The summed E-state index contributed by atoms with van der Waals surface area (Å²) < 4.78 is 54.5. The number of carbonyl (C=O) groups is 1. The highest BCUT2D eigenvalue weighted by Crippen LogP contribution is 2.31. The van der Waals surface area contributed by atoms with Gasteiger partial charge in [0.15, 0.2) is 0 Å². The average molecular weight is 468 g/mol. The summed E-state index contributed by atoms with van der Waals surface area (Å²) in [4.78, 5) is 11.7. The van der Waals surface area contributed by atoms with Crippen LogP contribution >= 0.6 is 0 Å². The SMILES string of the molecule is Cc1cc(C)c(S(=O)(=O)NCCCc2ccc(N3CC(=O)NS3(=O)=O)c(O)c2)c(C)c1. The molecule has 0 aromatic heterocycles. The first-order valence-electron chi connectivity index (χ1n) is 9.63. The van der Waals surface area contributed by atoms with Crippen LogP contribution in [0.15, 0.2) is 35.2 Å². The molecule has 2 aromatic carbocycles. The van der Waals surface area contributed by atoms with Crippen molar-refractivity contribution in [3.8, 4) is 5.75 Å². The molecule has 31 heavy (non-hydrogen) atoms. The molecule has 0 aliphatic carbocycles. The van der Waals surface area contributed by atoms with Gasteiger partial charge in [-0.2, -0.15) is 8.42 Å².